The summed E-state index contributed by atoms with van der Waals surface area (Å²) in [7, 11) is 0. The van der Waals surface area contributed by atoms with Crippen LogP contribution in [-0.2, 0) is 9.53 Å². The molecule has 0 aliphatic rings. The monoisotopic (exact) mass is 368 g/mol. The van der Waals surface area contributed by atoms with Gasteiger partial charge in [0.05, 0.1) is 5.69 Å². The first kappa shape index (κ1) is 18.3. The highest BCUT2D eigenvalue weighted by Crippen LogP contribution is 2.25. The fourth-order valence-corrected chi connectivity index (χ4v) is 2.52. The van der Waals surface area contributed by atoms with Crippen molar-refractivity contribution in [3.05, 3.63) is 71.2 Å². The third-order valence-electron chi connectivity index (χ3n) is 3.85. The lowest BCUT2D eigenvalue weighted by atomic mass is 10.1. The van der Waals surface area contributed by atoms with Crippen LogP contribution in [0.4, 0.5) is 10.1 Å². The largest absolute Gasteiger partial charge is 0.452 e. The first-order valence-corrected chi connectivity index (χ1v) is 8.20. The molecule has 0 aliphatic heterocycles. The van der Waals surface area contributed by atoms with Crippen molar-refractivity contribution in [3.63, 3.8) is 0 Å². The Bertz CT molecular complexity index is 983. The number of rotatable bonds is 5. The standard InChI is InChI=1S/C20H17FN2O4/c1-12-8-9-16(15(21)10-12)22-17(24)11-26-20(25)18-13(2)27-23-19(18)14-6-4-3-5-7-14/h3-10H,11H2,1-2H3,(H,22,24). The summed E-state index contributed by atoms with van der Waals surface area (Å²) in [5, 5.41) is 6.26. The summed E-state index contributed by atoms with van der Waals surface area (Å²) >= 11 is 0. The smallest absolute Gasteiger partial charge is 0.344 e. The van der Waals surface area contributed by atoms with E-state index in [2.05, 4.69) is 10.5 Å². The zero-order valence-corrected chi connectivity index (χ0v) is 14.8. The Morgan fingerprint density at radius 3 is 2.59 bits per heavy atom. The highest BCUT2D eigenvalue weighted by Gasteiger charge is 2.23. The number of halogens is 1. The van der Waals surface area contributed by atoms with Gasteiger partial charge in [-0.1, -0.05) is 41.6 Å². The maximum absolute atomic E-state index is 13.8. The van der Waals surface area contributed by atoms with Gasteiger partial charge in [0.1, 0.15) is 22.8 Å². The lowest BCUT2D eigenvalue weighted by molar-refractivity contribution is -0.119. The molecule has 1 aromatic heterocycles. The molecule has 138 valence electrons. The van der Waals surface area contributed by atoms with Gasteiger partial charge < -0.3 is 14.6 Å². The minimum absolute atomic E-state index is 0.0211. The third-order valence-corrected chi connectivity index (χ3v) is 3.85. The number of carbonyl (C=O) groups is 2. The molecule has 6 nitrogen and oxygen atoms in total. The van der Waals surface area contributed by atoms with Gasteiger partial charge in [-0.25, -0.2) is 9.18 Å². The molecule has 3 rings (SSSR count). The Labute approximate surface area is 154 Å². The van der Waals surface area contributed by atoms with Gasteiger partial charge in [-0.3, -0.25) is 4.79 Å². The van der Waals surface area contributed by atoms with E-state index in [-0.39, 0.29) is 17.0 Å². The molecule has 0 saturated carbocycles. The number of carbonyl (C=O) groups excluding carboxylic acids is 2. The van der Waals surface area contributed by atoms with Gasteiger partial charge in [-0.15, -0.1) is 0 Å². The fourth-order valence-electron chi connectivity index (χ4n) is 2.52. The molecule has 7 heteroatoms. The van der Waals surface area contributed by atoms with E-state index in [1.54, 1.807) is 44.2 Å². The first-order valence-electron chi connectivity index (χ1n) is 8.20. The molecular weight excluding hydrogens is 351 g/mol. The third kappa shape index (κ3) is 4.20. The predicted octanol–water partition coefficient (Wildman–Crippen LogP) is 3.89. The van der Waals surface area contributed by atoms with Gasteiger partial charge in [-0.05, 0) is 31.5 Å². The van der Waals surface area contributed by atoms with Crippen LogP contribution in [0, 0.1) is 19.7 Å². The lowest BCUT2D eigenvalue weighted by Gasteiger charge is -2.08. The molecule has 0 radical (unpaired) electrons. The number of benzene rings is 2. The summed E-state index contributed by atoms with van der Waals surface area (Å²) < 4.78 is 23.9. The van der Waals surface area contributed by atoms with E-state index in [0.29, 0.717) is 11.3 Å². The minimum Gasteiger partial charge on any atom is -0.452 e. The molecule has 0 spiro atoms. The van der Waals surface area contributed by atoms with Gasteiger partial charge in [0.2, 0.25) is 0 Å². The van der Waals surface area contributed by atoms with Gasteiger partial charge in [-0.2, -0.15) is 0 Å². The van der Waals surface area contributed by atoms with Crippen LogP contribution in [0.1, 0.15) is 21.7 Å². The quantitative estimate of drug-likeness (QED) is 0.691. The average molecular weight is 368 g/mol. The molecule has 1 N–H and O–H groups in total. The molecular formula is C20H17FN2O4. The lowest BCUT2D eigenvalue weighted by Crippen LogP contribution is -2.21. The second kappa shape index (κ2) is 7.82. The number of amides is 1. The molecule has 1 heterocycles. The van der Waals surface area contributed by atoms with Crippen molar-refractivity contribution in [2.45, 2.75) is 13.8 Å². The summed E-state index contributed by atoms with van der Waals surface area (Å²) in [6.45, 7) is 2.75. The van der Waals surface area contributed by atoms with Crippen LogP contribution >= 0.6 is 0 Å². The molecule has 1 amide bonds. The van der Waals surface area contributed by atoms with Crippen LogP contribution in [0.25, 0.3) is 11.3 Å². The molecule has 0 saturated heterocycles. The van der Waals surface area contributed by atoms with E-state index < -0.39 is 24.3 Å². The molecule has 0 bridgehead atoms. The van der Waals surface area contributed by atoms with Crippen molar-refractivity contribution in [2.24, 2.45) is 0 Å². The number of hydrogen-bond acceptors (Lipinski definition) is 5. The Kier molecular flexibility index (Phi) is 5.30. The number of aromatic nitrogens is 1. The van der Waals surface area contributed by atoms with Gasteiger partial charge in [0.25, 0.3) is 5.91 Å². The number of nitrogens with zero attached hydrogens (tertiary/aromatic N) is 1. The van der Waals surface area contributed by atoms with Crippen molar-refractivity contribution in [1.82, 2.24) is 5.16 Å². The molecule has 3 aromatic rings. The van der Waals surface area contributed by atoms with E-state index in [9.17, 15) is 14.0 Å². The van der Waals surface area contributed by atoms with E-state index in [4.69, 9.17) is 9.26 Å². The van der Waals surface area contributed by atoms with Crippen molar-refractivity contribution in [1.29, 1.82) is 0 Å². The van der Waals surface area contributed by atoms with Gasteiger partial charge >= 0.3 is 5.97 Å². The van der Waals surface area contributed by atoms with Crippen LogP contribution in [0.5, 0.6) is 0 Å². The highest BCUT2D eigenvalue weighted by atomic mass is 19.1. The van der Waals surface area contributed by atoms with Crippen LogP contribution in [-0.4, -0.2) is 23.6 Å². The minimum atomic E-state index is -0.743. The Morgan fingerprint density at radius 1 is 1.15 bits per heavy atom. The number of hydrogen-bond donors (Lipinski definition) is 1. The van der Waals surface area contributed by atoms with Crippen LogP contribution < -0.4 is 5.32 Å². The van der Waals surface area contributed by atoms with Crippen molar-refractivity contribution in [3.8, 4) is 11.3 Å². The van der Waals surface area contributed by atoms with Crippen molar-refractivity contribution >= 4 is 17.6 Å². The number of ether oxygens (including phenoxy) is 1. The van der Waals surface area contributed by atoms with Gasteiger partial charge in [0, 0.05) is 5.56 Å². The van der Waals surface area contributed by atoms with E-state index in [1.165, 1.54) is 12.1 Å². The summed E-state index contributed by atoms with van der Waals surface area (Å²) in [4.78, 5) is 24.4. The summed E-state index contributed by atoms with van der Waals surface area (Å²) in [6.07, 6.45) is 0. The number of anilines is 1. The average Bonchev–Trinajstić information content (AvgIpc) is 3.04. The number of nitrogens with one attached hydrogen (secondary N) is 1. The normalized spacial score (nSPS) is 10.5. The summed E-state index contributed by atoms with van der Waals surface area (Å²) in [6, 6.07) is 13.4. The number of esters is 1. The van der Waals surface area contributed by atoms with E-state index in [1.807, 2.05) is 6.07 Å². The fraction of sp³-hybridized carbons (Fsp3) is 0.150. The SMILES string of the molecule is Cc1ccc(NC(=O)COC(=O)c2c(-c3ccccc3)noc2C)c(F)c1. The molecule has 0 atom stereocenters. The zero-order chi connectivity index (χ0) is 19.4. The van der Waals surface area contributed by atoms with Crippen LogP contribution in [0.2, 0.25) is 0 Å². The van der Waals surface area contributed by atoms with Crippen molar-refractivity contribution in [2.75, 3.05) is 11.9 Å². The Hall–Kier alpha value is -3.48. The maximum atomic E-state index is 13.8. The maximum Gasteiger partial charge on any atom is 0.344 e. The Balaban J connectivity index is 1.68. The van der Waals surface area contributed by atoms with Crippen LogP contribution in [0.15, 0.2) is 53.1 Å². The first-order chi connectivity index (χ1) is 13.0. The molecule has 2 aromatic carbocycles. The molecule has 0 unspecified atom stereocenters. The topological polar surface area (TPSA) is 81.4 Å². The second-order valence-corrected chi connectivity index (χ2v) is 5.94. The van der Waals surface area contributed by atoms with Crippen molar-refractivity contribution < 1.29 is 23.2 Å². The number of aryl methyl sites for hydroxylation is 2. The summed E-state index contributed by atoms with van der Waals surface area (Å²) in [5.41, 5.74) is 1.92. The van der Waals surface area contributed by atoms with E-state index in [0.717, 1.165) is 5.56 Å². The molecule has 0 aliphatic carbocycles. The Morgan fingerprint density at radius 2 is 1.89 bits per heavy atom. The second-order valence-electron chi connectivity index (χ2n) is 5.94. The summed E-state index contributed by atoms with van der Waals surface area (Å²) in [5.74, 6) is -1.67. The molecule has 0 fully saturated rings. The van der Waals surface area contributed by atoms with Gasteiger partial charge in [0.15, 0.2) is 6.61 Å². The van der Waals surface area contributed by atoms with Crippen LogP contribution in [0.3, 0.4) is 0 Å². The highest BCUT2D eigenvalue weighted by molar-refractivity contribution is 5.99. The molecule has 27 heavy (non-hydrogen) atoms. The predicted molar refractivity (Wildman–Crippen MR) is 96.7 cm³/mol. The zero-order valence-electron chi connectivity index (χ0n) is 14.8. The van der Waals surface area contributed by atoms with E-state index >= 15 is 0 Å².